The van der Waals surface area contributed by atoms with Crippen LogP contribution in [0.15, 0.2) is 22.7 Å². The summed E-state index contributed by atoms with van der Waals surface area (Å²) in [7, 11) is 1.68. The lowest BCUT2D eigenvalue weighted by Crippen LogP contribution is -1.97. The summed E-state index contributed by atoms with van der Waals surface area (Å²) in [6.45, 7) is 3.66. The second-order valence-electron chi connectivity index (χ2n) is 3.72. The first-order valence-electron chi connectivity index (χ1n) is 5.68. The molecule has 0 aromatic heterocycles. The number of methoxy groups -OCH3 is 1. The monoisotopic (exact) mass is 286 g/mol. The lowest BCUT2D eigenvalue weighted by atomic mass is 10.2. The van der Waals surface area contributed by atoms with Gasteiger partial charge in [0.15, 0.2) is 0 Å². The number of hydrogen-bond acceptors (Lipinski definition) is 2. The molecule has 16 heavy (non-hydrogen) atoms. The summed E-state index contributed by atoms with van der Waals surface area (Å²) in [4.78, 5) is 0. The standard InChI is InChI=1S/C13H19BrO2/c1-3-4-5-8-16-10-11-9-12(15-2)6-7-13(11)14/h6-7,9H,3-5,8,10H2,1-2H3. The Morgan fingerprint density at radius 1 is 1.25 bits per heavy atom. The highest BCUT2D eigenvalue weighted by molar-refractivity contribution is 9.10. The van der Waals surface area contributed by atoms with Crippen LogP contribution in [0.25, 0.3) is 0 Å². The molecule has 1 aromatic rings. The molecule has 0 atom stereocenters. The Morgan fingerprint density at radius 3 is 2.75 bits per heavy atom. The van der Waals surface area contributed by atoms with Gasteiger partial charge in [0, 0.05) is 11.1 Å². The Labute approximate surface area is 106 Å². The number of rotatable bonds is 7. The van der Waals surface area contributed by atoms with E-state index in [-0.39, 0.29) is 0 Å². The Bertz CT molecular complexity index is 313. The van der Waals surface area contributed by atoms with Crippen LogP contribution in [0.5, 0.6) is 5.75 Å². The number of hydrogen-bond donors (Lipinski definition) is 0. The lowest BCUT2D eigenvalue weighted by Gasteiger charge is -2.08. The van der Waals surface area contributed by atoms with Gasteiger partial charge >= 0.3 is 0 Å². The fourth-order valence-electron chi connectivity index (χ4n) is 1.42. The molecular formula is C13H19BrO2. The maximum Gasteiger partial charge on any atom is 0.119 e. The van der Waals surface area contributed by atoms with Crippen LogP contribution in [0.4, 0.5) is 0 Å². The third-order valence-corrected chi connectivity index (χ3v) is 3.18. The van der Waals surface area contributed by atoms with E-state index in [0.717, 1.165) is 28.8 Å². The van der Waals surface area contributed by atoms with Crippen LogP contribution in [-0.2, 0) is 11.3 Å². The molecule has 0 fully saturated rings. The average Bonchev–Trinajstić information content (AvgIpc) is 2.31. The lowest BCUT2D eigenvalue weighted by molar-refractivity contribution is 0.116. The van der Waals surface area contributed by atoms with Crippen molar-refractivity contribution in [3.05, 3.63) is 28.2 Å². The molecule has 1 aromatic carbocycles. The number of unbranched alkanes of at least 4 members (excludes halogenated alkanes) is 2. The zero-order valence-corrected chi connectivity index (χ0v) is 11.5. The highest BCUT2D eigenvalue weighted by Gasteiger charge is 2.02. The van der Waals surface area contributed by atoms with Crippen LogP contribution < -0.4 is 4.74 Å². The predicted octanol–water partition coefficient (Wildman–Crippen LogP) is 4.16. The third kappa shape index (κ3) is 4.54. The molecule has 1 rings (SSSR count). The molecule has 0 N–H and O–H groups in total. The van der Waals surface area contributed by atoms with Gasteiger partial charge in [-0.3, -0.25) is 0 Å². The van der Waals surface area contributed by atoms with Gasteiger partial charge in [0.1, 0.15) is 5.75 Å². The van der Waals surface area contributed by atoms with E-state index in [4.69, 9.17) is 9.47 Å². The molecule has 0 amide bonds. The van der Waals surface area contributed by atoms with E-state index >= 15 is 0 Å². The second-order valence-corrected chi connectivity index (χ2v) is 4.57. The van der Waals surface area contributed by atoms with Crippen molar-refractivity contribution in [1.29, 1.82) is 0 Å². The van der Waals surface area contributed by atoms with Crippen molar-refractivity contribution in [1.82, 2.24) is 0 Å². The van der Waals surface area contributed by atoms with E-state index in [1.165, 1.54) is 12.8 Å². The summed E-state index contributed by atoms with van der Waals surface area (Å²) in [6.07, 6.45) is 3.60. The van der Waals surface area contributed by atoms with Gasteiger partial charge in [0.05, 0.1) is 13.7 Å². The summed E-state index contributed by atoms with van der Waals surface area (Å²) in [5.41, 5.74) is 1.14. The van der Waals surface area contributed by atoms with E-state index in [0.29, 0.717) is 6.61 Å². The van der Waals surface area contributed by atoms with Crippen LogP contribution in [-0.4, -0.2) is 13.7 Å². The van der Waals surface area contributed by atoms with Crippen molar-refractivity contribution in [2.45, 2.75) is 32.8 Å². The van der Waals surface area contributed by atoms with Crippen LogP contribution in [0.1, 0.15) is 31.7 Å². The largest absolute Gasteiger partial charge is 0.497 e. The quantitative estimate of drug-likeness (QED) is 0.701. The normalized spacial score (nSPS) is 10.4. The number of ether oxygens (including phenoxy) is 2. The van der Waals surface area contributed by atoms with Gasteiger partial charge in [-0.15, -0.1) is 0 Å². The molecule has 0 aliphatic carbocycles. The SMILES string of the molecule is CCCCCOCc1cc(OC)ccc1Br. The molecule has 0 bridgehead atoms. The topological polar surface area (TPSA) is 18.5 Å². The zero-order valence-electron chi connectivity index (χ0n) is 9.96. The van der Waals surface area contributed by atoms with Crippen LogP contribution >= 0.6 is 15.9 Å². The summed E-state index contributed by atoms with van der Waals surface area (Å²) >= 11 is 3.51. The van der Waals surface area contributed by atoms with Gasteiger partial charge < -0.3 is 9.47 Å². The molecule has 2 nitrogen and oxygen atoms in total. The molecule has 0 aliphatic heterocycles. The summed E-state index contributed by atoms with van der Waals surface area (Å²) in [5, 5.41) is 0. The highest BCUT2D eigenvalue weighted by atomic mass is 79.9. The number of benzene rings is 1. The summed E-state index contributed by atoms with van der Waals surface area (Å²) < 4.78 is 11.9. The van der Waals surface area contributed by atoms with E-state index in [9.17, 15) is 0 Å². The molecule has 0 heterocycles. The van der Waals surface area contributed by atoms with Gasteiger partial charge in [-0.2, -0.15) is 0 Å². The van der Waals surface area contributed by atoms with Gasteiger partial charge in [0.2, 0.25) is 0 Å². The molecule has 0 unspecified atom stereocenters. The van der Waals surface area contributed by atoms with Gasteiger partial charge in [-0.1, -0.05) is 35.7 Å². The van der Waals surface area contributed by atoms with Crippen molar-refractivity contribution in [3.63, 3.8) is 0 Å². The molecule has 0 saturated heterocycles. The summed E-state index contributed by atoms with van der Waals surface area (Å²) in [6, 6.07) is 5.93. The first-order valence-corrected chi connectivity index (χ1v) is 6.47. The van der Waals surface area contributed by atoms with Gasteiger partial charge in [0.25, 0.3) is 0 Å². The van der Waals surface area contributed by atoms with Crippen LogP contribution in [0, 0.1) is 0 Å². The molecule has 0 spiro atoms. The minimum absolute atomic E-state index is 0.640. The third-order valence-electron chi connectivity index (χ3n) is 2.40. The number of halogens is 1. The van der Waals surface area contributed by atoms with Crippen molar-refractivity contribution >= 4 is 15.9 Å². The molecule has 3 heteroatoms. The first-order chi connectivity index (χ1) is 7.77. The molecular weight excluding hydrogens is 268 g/mol. The van der Waals surface area contributed by atoms with E-state index in [1.807, 2.05) is 18.2 Å². The maximum absolute atomic E-state index is 5.62. The molecule has 0 saturated carbocycles. The smallest absolute Gasteiger partial charge is 0.119 e. The fraction of sp³-hybridized carbons (Fsp3) is 0.538. The maximum atomic E-state index is 5.62. The summed E-state index contributed by atoms with van der Waals surface area (Å²) in [5.74, 6) is 0.871. The zero-order chi connectivity index (χ0) is 11.8. The Morgan fingerprint density at radius 2 is 2.06 bits per heavy atom. The van der Waals surface area contributed by atoms with Gasteiger partial charge in [-0.25, -0.2) is 0 Å². The van der Waals surface area contributed by atoms with Crippen LogP contribution in [0.3, 0.4) is 0 Å². The molecule has 0 aliphatic rings. The second kappa shape index (κ2) is 7.69. The average molecular weight is 287 g/mol. The molecule has 90 valence electrons. The van der Waals surface area contributed by atoms with Gasteiger partial charge in [-0.05, 0) is 30.2 Å². The minimum Gasteiger partial charge on any atom is -0.497 e. The minimum atomic E-state index is 0.640. The predicted molar refractivity (Wildman–Crippen MR) is 69.9 cm³/mol. The van der Waals surface area contributed by atoms with Crippen molar-refractivity contribution in [2.75, 3.05) is 13.7 Å². The first kappa shape index (κ1) is 13.5. The van der Waals surface area contributed by atoms with Crippen molar-refractivity contribution < 1.29 is 9.47 Å². The van der Waals surface area contributed by atoms with E-state index < -0.39 is 0 Å². The van der Waals surface area contributed by atoms with Crippen LogP contribution in [0.2, 0.25) is 0 Å². The Hall–Kier alpha value is -0.540. The fourth-order valence-corrected chi connectivity index (χ4v) is 1.79. The Kier molecular flexibility index (Phi) is 6.50. The van der Waals surface area contributed by atoms with E-state index in [1.54, 1.807) is 7.11 Å². The Balaban J connectivity index is 2.40. The molecule has 0 radical (unpaired) electrons. The van der Waals surface area contributed by atoms with Crippen molar-refractivity contribution in [3.8, 4) is 5.75 Å². The van der Waals surface area contributed by atoms with Crippen molar-refractivity contribution in [2.24, 2.45) is 0 Å². The van der Waals surface area contributed by atoms with E-state index in [2.05, 4.69) is 22.9 Å². The highest BCUT2D eigenvalue weighted by Crippen LogP contribution is 2.23.